The minimum absolute atomic E-state index is 0.0695. The van der Waals surface area contributed by atoms with Crippen molar-refractivity contribution in [1.82, 2.24) is 20.5 Å². The summed E-state index contributed by atoms with van der Waals surface area (Å²) in [6, 6.07) is 1.86. The summed E-state index contributed by atoms with van der Waals surface area (Å²) in [6.45, 7) is 2.36. The molecule has 0 saturated heterocycles. The molecule has 2 aromatic heterocycles. The number of hydrogen-bond acceptors (Lipinski definition) is 4. The van der Waals surface area contributed by atoms with E-state index in [2.05, 4.69) is 52.4 Å². The summed E-state index contributed by atoms with van der Waals surface area (Å²) in [7, 11) is 0. The molecule has 2 heterocycles. The molecule has 0 aliphatic heterocycles. The fourth-order valence-electron chi connectivity index (χ4n) is 1.67. The summed E-state index contributed by atoms with van der Waals surface area (Å²) >= 11 is 6.39. The molecule has 110 valence electrons. The number of amides is 1. The fourth-order valence-corrected chi connectivity index (χ4v) is 2.40. The first-order valence-corrected chi connectivity index (χ1v) is 7.66. The third-order valence-corrected chi connectivity index (χ3v) is 5.02. The second-order valence-corrected chi connectivity index (χ2v) is 5.97. The minimum atomic E-state index is -0.349. The second-order valence-electron chi connectivity index (χ2n) is 4.38. The van der Waals surface area contributed by atoms with E-state index < -0.39 is 0 Å². The van der Waals surface area contributed by atoms with Gasteiger partial charge in [-0.15, -0.1) is 0 Å². The Hall–Kier alpha value is -1.54. The molecule has 2 rings (SSSR count). The van der Waals surface area contributed by atoms with Crippen molar-refractivity contribution in [3.8, 4) is 0 Å². The summed E-state index contributed by atoms with van der Waals surface area (Å²) in [6.07, 6.45) is 3.50. The van der Waals surface area contributed by atoms with E-state index in [1.807, 2.05) is 13.0 Å². The number of rotatable bonds is 4. The maximum Gasteiger partial charge on any atom is 0.279 e. The van der Waals surface area contributed by atoms with Gasteiger partial charge in [-0.2, -0.15) is 5.10 Å². The molecule has 2 N–H and O–H groups in total. The number of aryl methyl sites for hydroxylation is 1. The average molecular weight is 416 g/mol. The summed E-state index contributed by atoms with van der Waals surface area (Å²) in [4.78, 5) is 27.3. The van der Waals surface area contributed by atoms with Gasteiger partial charge in [-0.3, -0.25) is 14.6 Å². The first-order chi connectivity index (χ1) is 9.99. The average Bonchev–Trinajstić information content (AvgIpc) is 2.47. The van der Waals surface area contributed by atoms with Crippen LogP contribution in [0.15, 0.2) is 32.2 Å². The molecule has 21 heavy (non-hydrogen) atoms. The molecule has 0 aliphatic carbocycles. The van der Waals surface area contributed by atoms with E-state index in [1.165, 1.54) is 0 Å². The maximum absolute atomic E-state index is 12.0. The smallest absolute Gasteiger partial charge is 0.279 e. The molecule has 0 aliphatic rings. The van der Waals surface area contributed by atoms with Crippen LogP contribution in [-0.2, 0) is 17.8 Å². The van der Waals surface area contributed by atoms with E-state index >= 15 is 0 Å². The van der Waals surface area contributed by atoms with Crippen LogP contribution >= 0.6 is 31.9 Å². The molecule has 0 bridgehead atoms. The third-order valence-electron chi connectivity index (χ3n) is 2.88. The van der Waals surface area contributed by atoms with Gasteiger partial charge in [-0.25, -0.2) is 5.10 Å². The van der Waals surface area contributed by atoms with Gasteiger partial charge in [0.05, 0.1) is 16.6 Å². The zero-order chi connectivity index (χ0) is 15.4. The van der Waals surface area contributed by atoms with E-state index in [-0.39, 0.29) is 17.9 Å². The minimum Gasteiger partial charge on any atom is -0.352 e. The Morgan fingerprint density at radius 1 is 1.38 bits per heavy atom. The number of halogens is 2. The summed E-state index contributed by atoms with van der Waals surface area (Å²) < 4.78 is 0.812. The Labute approximate surface area is 137 Å². The number of H-pyrrole nitrogens is 1. The molecule has 0 spiro atoms. The SMILES string of the molecule is Cc1cnccc1CNC(=O)Cc1n[nH]c(=O)c(Br)c1Br. The molecule has 0 unspecified atom stereocenters. The van der Waals surface area contributed by atoms with Crippen LogP contribution in [0.5, 0.6) is 0 Å². The predicted octanol–water partition coefficient (Wildman–Crippen LogP) is 1.86. The summed E-state index contributed by atoms with van der Waals surface area (Å²) in [5.74, 6) is -0.182. The number of aromatic amines is 1. The highest BCUT2D eigenvalue weighted by Gasteiger charge is 2.13. The number of hydrogen-bond donors (Lipinski definition) is 2. The van der Waals surface area contributed by atoms with Crippen molar-refractivity contribution in [3.05, 3.63) is 54.6 Å². The molecule has 8 heteroatoms. The topological polar surface area (TPSA) is 87.7 Å². The van der Waals surface area contributed by atoms with Gasteiger partial charge in [0.15, 0.2) is 0 Å². The quantitative estimate of drug-likeness (QED) is 0.797. The molecular weight excluding hydrogens is 404 g/mol. The molecule has 0 aromatic carbocycles. The lowest BCUT2D eigenvalue weighted by atomic mass is 10.1. The van der Waals surface area contributed by atoms with Crippen LogP contribution in [0.25, 0.3) is 0 Å². The van der Waals surface area contributed by atoms with Gasteiger partial charge < -0.3 is 5.32 Å². The number of nitrogens with one attached hydrogen (secondary N) is 2. The van der Waals surface area contributed by atoms with Crippen LogP contribution in [0.1, 0.15) is 16.8 Å². The van der Waals surface area contributed by atoms with Crippen molar-refractivity contribution in [2.75, 3.05) is 0 Å². The van der Waals surface area contributed by atoms with Crippen molar-refractivity contribution in [2.45, 2.75) is 19.9 Å². The number of carbonyl (C=O) groups is 1. The Bertz CT molecular complexity index is 730. The van der Waals surface area contributed by atoms with E-state index in [4.69, 9.17) is 0 Å². The molecule has 0 atom stereocenters. The van der Waals surface area contributed by atoms with Gasteiger partial charge in [-0.05, 0) is 56.0 Å². The van der Waals surface area contributed by atoms with E-state index in [1.54, 1.807) is 12.4 Å². The standard InChI is InChI=1S/C13H12Br2N4O2/c1-7-5-16-3-2-8(7)6-17-10(20)4-9-11(14)12(15)13(21)19-18-9/h2-3,5H,4,6H2,1H3,(H,17,20)(H,19,21). The van der Waals surface area contributed by atoms with Crippen LogP contribution in [-0.4, -0.2) is 21.1 Å². The van der Waals surface area contributed by atoms with Crippen LogP contribution in [0.2, 0.25) is 0 Å². The lowest BCUT2D eigenvalue weighted by Gasteiger charge is -2.08. The first-order valence-electron chi connectivity index (χ1n) is 6.07. The zero-order valence-electron chi connectivity index (χ0n) is 11.1. The van der Waals surface area contributed by atoms with Crippen LogP contribution in [0, 0.1) is 6.92 Å². The van der Waals surface area contributed by atoms with E-state index in [9.17, 15) is 9.59 Å². The van der Waals surface area contributed by atoms with Gasteiger partial charge in [0, 0.05) is 18.9 Å². The maximum atomic E-state index is 12.0. The molecular formula is C13H12Br2N4O2. The van der Waals surface area contributed by atoms with Crippen LogP contribution in [0.3, 0.4) is 0 Å². The highest BCUT2D eigenvalue weighted by molar-refractivity contribution is 9.13. The second kappa shape index (κ2) is 6.95. The van der Waals surface area contributed by atoms with E-state index in [0.29, 0.717) is 21.2 Å². The van der Waals surface area contributed by atoms with Crippen molar-refractivity contribution in [3.63, 3.8) is 0 Å². The van der Waals surface area contributed by atoms with Crippen molar-refractivity contribution in [1.29, 1.82) is 0 Å². The molecule has 0 saturated carbocycles. The Kier molecular flexibility index (Phi) is 5.24. The molecule has 0 radical (unpaired) electrons. The largest absolute Gasteiger partial charge is 0.352 e. The lowest BCUT2D eigenvalue weighted by Crippen LogP contribution is -2.26. The van der Waals surface area contributed by atoms with Gasteiger partial charge >= 0.3 is 0 Å². The summed E-state index contributed by atoms with van der Waals surface area (Å²) in [5.41, 5.74) is 2.14. The predicted molar refractivity (Wildman–Crippen MR) is 84.8 cm³/mol. The Morgan fingerprint density at radius 3 is 2.86 bits per heavy atom. The van der Waals surface area contributed by atoms with Gasteiger partial charge in [0.2, 0.25) is 5.91 Å². The van der Waals surface area contributed by atoms with Gasteiger partial charge in [0.25, 0.3) is 5.56 Å². The zero-order valence-corrected chi connectivity index (χ0v) is 14.3. The lowest BCUT2D eigenvalue weighted by molar-refractivity contribution is -0.120. The number of aromatic nitrogens is 3. The fraction of sp³-hybridized carbons (Fsp3) is 0.231. The first kappa shape index (κ1) is 15.8. The summed E-state index contributed by atoms with van der Waals surface area (Å²) in [5, 5.41) is 9.01. The highest BCUT2D eigenvalue weighted by atomic mass is 79.9. The number of pyridine rings is 1. The third kappa shape index (κ3) is 3.98. The van der Waals surface area contributed by atoms with Crippen molar-refractivity contribution in [2.24, 2.45) is 0 Å². The molecule has 1 amide bonds. The van der Waals surface area contributed by atoms with Gasteiger partial charge in [-0.1, -0.05) is 0 Å². The Balaban J connectivity index is 2.01. The highest BCUT2D eigenvalue weighted by Crippen LogP contribution is 2.21. The normalized spacial score (nSPS) is 10.4. The van der Waals surface area contributed by atoms with E-state index in [0.717, 1.165) is 11.1 Å². The monoisotopic (exact) mass is 414 g/mol. The molecule has 2 aromatic rings. The van der Waals surface area contributed by atoms with Crippen molar-refractivity contribution >= 4 is 37.8 Å². The van der Waals surface area contributed by atoms with Gasteiger partial charge in [0.1, 0.15) is 4.47 Å². The van der Waals surface area contributed by atoms with Crippen LogP contribution in [0.4, 0.5) is 0 Å². The Morgan fingerprint density at radius 2 is 2.14 bits per heavy atom. The molecule has 0 fully saturated rings. The number of nitrogens with zero attached hydrogens (tertiary/aromatic N) is 2. The van der Waals surface area contributed by atoms with Crippen LogP contribution < -0.4 is 10.9 Å². The van der Waals surface area contributed by atoms with Crippen molar-refractivity contribution < 1.29 is 4.79 Å². The number of carbonyl (C=O) groups excluding carboxylic acids is 1. The molecule has 6 nitrogen and oxygen atoms in total.